The molecule has 0 aliphatic carbocycles. The lowest BCUT2D eigenvalue weighted by atomic mass is 9.92. The third kappa shape index (κ3) is 2.63. The van der Waals surface area contributed by atoms with Gasteiger partial charge in [-0.1, -0.05) is 0 Å². The first-order valence-corrected chi connectivity index (χ1v) is 7.26. The van der Waals surface area contributed by atoms with E-state index in [0.29, 0.717) is 17.0 Å². The van der Waals surface area contributed by atoms with Crippen LogP contribution in [-0.4, -0.2) is 25.7 Å². The molecule has 1 aliphatic heterocycles. The van der Waals surface area contributed by atoms with E-state index in [-0.39, 0.29) is 5.56 Å². The predicted molar refractivity (Wildman–Crippen MR) is 82.8 cm³/mol. The van der Waals surface area contributed by atoms with E-state index in [4.69, 9.17) is 4.74 Å². The first kappa shape index (κ1) is 14.8. The smallest absolute Gasteiger partial charge is 0.264 e. The normalized spacial score (nSPS) is 14.1. The molecule has 0 saturated heterocycles. The van der Waals surface area contributed by atoms with Crippen LogP contribution in [0.2, 0.25) is 0 Å². The molecule has 0 unspecified atom stereocenters. The van der Waals surface area contributed by atoms with E-state index in [2.05, 4.69) is 4.98 Å². The number of benzene rings is 1. The van der Waals surface area contributed by atoms with Crippen LogP contribution >= 0.6 is 0 Å². The summed E-state index contributed by atoms with van der Waals surface area (Å²) in [6, 6.07) is 6.95. The summed E-state index contributed by atoms with van der Waals surface area (Å²) in [4.78, 5) is 6.08. The minimum Gasteiger partial charge on any atom is -0.481 e. The highest BCUT2D eigenvalue weighted by Gasteiger charge is 2.22. The number of methoxy groups -OCH3 is 1. The zero-order chi connectivity index (χ0) is 15.7. The van der Waals surface area contributed by atoms with Crippen LogP contribution < -0.4 is 9.64 Å². The van der Waals surface area contributed by atoms with E-state index in [9.17, 15) is 8.78 Å². The number of halogens is 2. The standard InChI is InChI=1S/C17H18F2N2O/c1-21-7-3-4-12-8-13(14(17(18)19)10-15(12)21)11-5-6-20-16(9-11)22-2/h5-6,8-10,17H,3-4,7H2,1-2H3. The monoisotopic (exact) mass is 304 g/mol. The highest BCUT2D eigenvalue weighted by atomic mass is 19.3. The number of aryl methyl sites for hydroxylation is 1. The van der Waals surface area contributed by atoms with Crippen molar-refractivity contribution in [2.75, 3.05) is 25.6 Å². The fourth-order valence-corrected chi connectivity index (χ4v) is 2.95. The Hall–Kier alpha value is -2.17. The van der Waals surface area contributed by atoms with Gasteiger partial charge in [-0.25, -0.2) is 13.8 Å². The van der Waals surface area contributed by atoms with Gasteiger partial charge >= 0.3 is 0 Å². The molecule has 2 aromatic rings. The molecule has 22 heavy (non-hydrogen) atoms. The van der Waals surface area contributed by atoms with Crippen LogP contribution in [0.15, 0.2) is 30.5 Å². The molecule has 0 spiro atoms. The third-order valence-corrected chi connectivity index (χ3v) is 4.09. The molecule has 116 valence electrons. The summed E-state index contributed by atoms with van der Waals surface area (Å²) < 4.78 is 32.2. The summed E-state index contributed by atoms with van der Waals surface area (Å²) >= 11 is 0. The summed E-state index contributed by atoms with van der Waals surface area (Å²) in [5.41, 5.74) is 3.35. The molecule has 0 bridgehead atoms. The maximum Gasteiger partial charge on any atom is 0.264 e. The lowest BCUT2D eigenvalue weighted by molar-refractivity contribution is 0.152. The number of anilines is 1. The van der Waals surface area contributed by atoms with Gasteiger partial charge in [0.05, 0.1) is 7.11 Å². The molecule has 5 heteroatoms. The van der Waals surface area contributed by atoms with Crippen molar-refractivity contribution in [2.24, 2.45) is 0 Å². The number of ether oxygens (including phenoxy) is 1. The van der Waals surface area contributed by atoms with E-state index in [1.807, 2.05) is 18.0 Å². The Morgan fingerprint density at radius 1 is 1.27 bits per heavy atom. The van der Waals surface area contributed by atoms with Crippen molar-refractivity contribution in [2.45, 2.75) is 19.3 Å². The van der Waals surface area contributed by atoms with Gasteiger partial charge in [0.15, 0.2) is 0 Å². The van der Waals surface area contributed by atoms with Gasteiger partial charge in [-0.2, -0.15) is 0 Å². The maximum atomic E-state index is 13.5. The molecular weight excluding hydrogens is 286 g/mol. The van der Waals surface area contributed by atoms with Crippen LogP contribution in [0.3, 0.4) is 0 Å². The van der Waals surface area contributed by atoms with Crippen molar-refractivity contribution in [1.29, 1.82) is 0 Å². The predicted octanol–water partition coefficient (Wildman–Crippen LogP) is 4.08. The van der Waals surface area contributed by atoms with Gasteiger partial charge in [0, 0.05) is 37.1 Å². The number of rotatable bonds is 3. The second-order valence-electron chi connectivity index (χ2n) is 5.48. The van der Waals surface area contributed by atoms with Crippen LogP contribution in [0.25, 0.3) is 11.1 Å². The molecule has 0 amide bonds. The summed E-state index contributed by atoms with van der Waals surface area (Å²) in [6.45, 7) is 0.901. The van der Waals surface area contributed by atoms with E-state index in [1.165, 1.54) is 7.11 Å². The average Bonchev–Trinajstić information content (AvgIpc) is 2.54. The molecule has 0 N–H and O–H groups in total. The Morgan fingerprint density at radius 2 is 2.09 bits per heavy atom. The Bertz CT molecular complexity index is 688. The van der Waals surface area contributed by atoms with E-state index in [1.54, 1.807) is 24.4 Å². The van der Waals surface area contributed by atoms with Crippen molar-refractivity contribution in [1.82, 2.24) is 4.98 Å². The highest BCUT2D eigenvalue weighted by molar-refractivity contribution is 5.74. The van der Waals surface area contributed by atoms with Crippen molar-refractivity contribution >= 4 is 5.69 Å². The van der Waals surface area contributed by atoms with Gasteiger partial charge in [0.25, 0.3) is 6.43 Å². The molecule has 0 atom stereocenters. The molecule has 1 aliphatic rings. The number of alkyl halides is 2. The second kappa shape index (κ2) is 5.91. The molecule has 0 fully saturated rings. The molecule has 3 rings (SSSR count). The number of pyridine rings is 1. The summed E-state index contributed by atoms with van der Waals surface area (Å²) in [7, 11) is 3.46. The van der Waals surface area contributed by atoms with Crippen LogP contribution in [0.1, 0.15) is 24.0 Å². The topological polar surface area (TPSA) is 25.4 Å². The van der Waals surface area contributed by atoms with E-state index < -0.39 is 6.43 Å². The molecular formula is C17H18F2N2O. The largest absolute Gasteiger partial charge is 0.481 e. The molecule has 3 nitrogen and oxygen atoms in total. The first-order chi connectivity index (χ1) is 10.6. The number of hydrogen-bond acceptors (Lipinski definition) is 3. The molecule has 1 aromatic carbocycles. The highest BCUT2D eigenvalue weighted by Crippen LogP contribution is 2.38. The fraction of sp³-hybridized carbons (Fsp3) is 0.353. The van der Waals surface area contributed by atoms with Gasteiger partial charge in [0.1, 0.15) is 0 Å². The number of nitrogens with zero attached hydrogens (tertiary/aromatic N) is 2. The molecule has 1 aromatic heterocycles. The minimum atomic E-state index is -2.52. The Morgan fingerprint density at radius 3 is 2.82 bits per heavy atom. The SMILES string of the molecule is COc1cc(-c2cc3c(cc2C(F)F)N(C)CCC3)ccn1. The van der Waals surface area contributed by atoms with E-state index in [0.717, 1.165) is 30.6 Å². The number of fused-ring (bicyclic) bond motifs is 1. The minimum absolute atomic E-state index is 0.0563. The second-order valence-corrected chi connectivity index (χ2v) is 5.48. The number of aromatic nitrogens is 1. The Balaban J connectivity index is 2.17. The Kier molecular flexibility index (Phi) is 3.96. The van der Waals surface area contributed by atoms with Gasteiger partial charge in [-0.3, -0.25) is 0 Å². The van der Waals surface area contributed by atoms with Gasteiger partial charge in [-0.05, 0) is 47.7 Å². The van der Waals surface area contributed by atoms with E-state index >= 15 is 0 Å². The summed E-state index contributed by atoms with van der Waals surface area (Å²) in [5, 5.41) is 0. The first-order valence-electron chi connectivity index (χ1n) is 7.26. The molecule has 0 saturated carbocycles. The van der Waals surface area contributed by atoms with Crippen molar-refractivity contribution < 1.29 is 13.5 Å². The zero-order valence-electron chi connectivity index (χ0n) is 12.6. The van der Waals surface area contributed by atoms with Gasteiger partial charge in [-0.15, -0.1) is 0 Å². The summed E-state index contributed by atoms with van der Waals surface area (Å²) in [5.74, 6) is 0.424. The van der Waals surface area contributed by atoms with Gasteiger partial charge in [0.2, 0.25) is 5.88 Å². The zero-order valence-corrected chi connectivity index (χ0v) is 12.6. The van der Waals surface area contributed by atoms with Gasteiger partial charge < -0.3 is 9.64 Å². The quantitative estimate of drug-likeness (QED) is 0.854. The van der Waals surface area contributed by atoms with Crippen molar-refractivity contribution in [3.05, 3.63) is 41.6 Å². The number of hydrogen-bond donors (Lipinski definition) is 0. The van der Waals surface area contributed by atoms with Crippen molar-refractivity contribution in [3.8, 4) is 17.0 Å². The van der Waals surface area contributed by atoms with Crippen LogP contribution in [-0.2, 0) is 6.42 Å². The van der Waals surface area contributed by atoms with Crippen LogP contribution in [0.5, 0.6) is 5.88 Å². The van der Waals surface area contributed by atoms with Crippen molar-refractivity contribution in [3.63, 3.8) is 0 Å². The van der Waals surface area contributed by atoms with Crippen LogP contribution in [0.4, 0.5) is 14.5 Å². The third-order valence-electron chi connectivity index (χ3n) is 4.09. The maximum absolute atomic E-state index is 13.5. The molecule has 0 radical (unpaired) electrons. The lowest BCUT2D eigenvalue weighted by Crippen LogP contribution is -2.25. The Labute approximate surface area is 128 Å². The average molecular weight is 304 g/mol. The van der Waals surface area contributed by atoms with Crippen LogP contribution in [0, 0.1) is 0 Å². The molecule has 2 heterocycles. The lowest BCUT2D eigenvalue weighted by Gasteiger charge is -2.29. The summed E-state index contributed by atoms with van der Waals surface area (Å²) in [6.07, 6.45) is 1.01. The fourth-order valence-electron chi connectivity index (χ4n) is 2.95.